The van der Waals surface area contributed by atoms with Crippen LogP contribution in [0.3, 0.4) is 0 Å². The van der Waals surface area contributed by atoms with Crippen LogP contribution in [0.4, 0.5) is 5.69 Å². The van der Waals surface area contributed by atoms with E-state index in [1.165, 1.54) is 4.90 Å². The Hall–Kier alpha value is -2.70. The van der Waals surface area contributed by atoms with Gasteiger partial charge in [-0.15, -0.1) is 0 Å². The number of hydrogen-bond donors (Lipinski definition) is 1. The number of Topliss-reactive ketones (excluding diaryl/α,β-unsaturated/α-hetero) is 1. The van der Waals surface area contributed by atoms with Gasteiger partial charge in [0.25, 0.3) is 11.7 Å². The Morgan fingerprint density at radius 1 is 0.828 bits per heavy atom. The minimum atomic E-state index is -0.738. The smallest absolute Gasteiger partial charge is 0.300 e. The molecule has 1 amide bonds. The molecule has 4 rings (SSSR count). The highest BCUT2D eigenvalue weighted by atomic mass is 79.9. The van der Waals surface area contributed by atoms with Gasteiger partial charge in [-0.3, -0.25) is 14.5 Å². The Morgan fingerprint density at radius 3 is 2.17 bits per heavy atom. The highest BCUT2D eigenvalue weighted by Crippen LogP contribution is 2.42. The summed E-state index contributed by atoms with van der Waals surface area (Å²) in [5.41, 5.74) is 1.86. The third-order valence-corrected chi connectivity index (χ3v) is 5.79. The Labute approximate surface area is 184 Å². The molecule has 144 valence electrons. The van der Waals surface area contributed by atoms with Gasteiger partial charge in [-0.1, -0.05) is 80.4 Å². The van der Waals surface area contributed by atoms with E-state index in [1.54, 1.807) is 42.5 Å². The van der Waals surface area contributed by atoms with Gasteiger partial charge in [0.15, 0.2) is 0 Å². The molecule has 29 heavy (non-hydrogen) atoms. The van der Waals surface area contributed by atoms with Crippen LogP contribution in [0, 0.1) is 0 Å². The Kier molecular flexibility index (Phi) is 5.39. The number of hydrogen-bond acceptors (Lipinski definition) is 3. The van der Waals surface area contributed by atoms with Crippen molar-refractivity contribution < 1.29 is 14.7 Å². The summed E-state index contributed by atoms with van der Waals surface area (Å²) in [5.74, 6) is -1.57. The molecule has 1 heterocycles. The summed E-state index contributed by atoms with van der Waals surface area (Å²) < 4.78 is 1.67. The van der Waals surface area contributed by atoms with Gasteiger partial charge >= 0.3 is 0 Å². The molecule has 1 N–H and O–H groups in total. The zero-order valence-corrected chi connectivity index (χ0v) is 18.2. The number of aliphatic hydroxyl groups is 1. The lowest BCUT2D eigenvalue weighted by atomic mass is 9.95. The van der Waals surface area contributed by atoms with Gasteiger partial charge in [-0.25, -0.2) is 0 Å². The number of benzene rings is 3. The molecule has 1 atom stereocenters. The van der Waals surface area contributed by atoms with Crippen LogP contribution >= 0.6 is 31.9 Å². The van der Waals surface area contributed by atoms with E-state index in [0.29, 0.717) is 11.3 Å². The van der Waals surface area contributed by atoms with Crippen LogP contribution in [0.15, 0.2) is 93.4 Å². The molecule has 3 aromatic rings. The molecule has 0 aromatic heterocycles. The predicted octanol–water partition coefficient (Wildman–Crippen LogP) is 5.84. The van der Waals surface area contributed by atoms with E-state index in [9.17, 15) is 14.7 Å². The average molecular weight is 513 g/mol. The summed E-state index contributed by atoms with van der Waals surface area (Å²) in [6.07, 6.45) is 0. The van der Waals surface area contributed by atoms with Crippen LogP contribution < -0.4 is 4.90 Å². The summed E-state index contributed by atoms with van der Waals surface area (Å²) in [7, 11) is 0. The maximum absolute atomic E-state index is 13.0. The lowest BCUT2D eigenvalue weighted by molar-refractivity contribution is -0.132. The molecule has 3 aromatic carbocycles. The number of aliphatic hydroxyl groups excluding tert-OH is 1. The third-order valence-electron chi connectivity index (χ3n) is 4.76. The van der Waals surface area contributed by atoms with E-state index in [1.807, 2.05) is 36.4 Å². The number of ketones is 1. The molecule has 0 saturated carbocycles. The van der Waals surface area contributed by atoms with Crippen molar-refractivity contribution in [2.45, 2.75) is 6.04 Å². The molecule has 0 bridgehead atoms. The Balaban J connectivity index is 1.96. The second-order valence-corrected chi connectivity index (χ2v) is 8.40. The van der Waals surface area contributed by atoms with E-state index in [2.05, 4.69) is 31.9 Å². The Bertz CT molecular complexity index is 1120. The quantitative estimate of drug-likeness (QED) is 0.272. The molecule has 0 radical (unpaired) electrons. The van der Waals surface area contributed by atoms with E-state index in [-0.39, 0.29) is 11.3 Å². The minimum absolute atomic E-state index is 0.0727. The van der Waals surface area contributed by atoms with Crippen molar-refractivity contribution in [3.05, 3.63) is 105 Å². The zero-order valence-electron chi connectivity index (χ0n) is 15.0. The van der Waals surface area contributed by atoms with Gasteiger partial charge in [0.2, 0.25) is 0 Å². The van der Waals surface area contributed by atoms with Crippen LogP contribution in [0.5, 0.6) is 0 Å². The highest BCUT2D eigenvalue weighted by molar-refractivity contribution is 9.10. The average Bonchev–Trinajstić information content (AvgIpc) is 2.99. The van der Waals surface area contributed by atoms with Crippen molar-refractivity contribution in [2.24, 2.45) is 0 Å². The molecule has 0 unspecified atom stereocenters. The van der Waals surface area contributed by atoms with Gasteiger partial charge in [0.05, 0.1) is 11.6 Å². The van der Waals surface area contributed by atoms with E-state index < -0.39 is 17.7 Å². The fraction of sp³-hybridized carbons (Fsp3) is 0.0435. The number of halogens is 2. The van der Waals surface area contributed by atoms with Gasteiger partial charge in [-0.05, 0) is 35.9 Å². The van der Waals surface area contributed by atoms with Crippen molar-refractivity contribution in [1.82, 2.24) is 0 Å². The van der Waals surface area contributed by atoms with Gasteiger partial charge < -0.3 is 5.11 Å². The molecular weight excluding hydrogens is 498 g/mol. The summed E-state index contributed by atoms with van der Waals surface area (Å²) >= 11 is 6.83. The number of nitrogens with zero attached hydrogens (tertiary/aromatic N) is 1. The maximum atomic E-state index is 13.0. The largest absolute Gasteiger partial charge is 0.507 e. The van der Waals surface area contributed by atoms with E-state index in [0.717, 1.165) is 14.5 Å². The topological polar surface area (TPSA) is 57.6 Å². The summed E-state index contributed by atoms with van der Waals surface area (Å²) in [6, 6.07) is 22.6. The monoisotopic (exact) mass is 511 g/mol. The summed E-state index contributed by atoms with van der Waals surface area (Å²) in [4.78, 5) is 27.5. The van der Waals surface area contributed by atoms with E-state index >= 15 is 0 Å². The van der Waals surface area contributed by atoms with E-state index in [4.69, 9.17) is 0 Å². The van der Waals surface area contributed by atoms with Crippen molar-refractivity contribution in [3.8, 4) is 0 Å². The first-order valence-electron chi connectivity index (χ1n) is 8.85. The van der Waals surface area contributed by atoms with Gasteiger partial charge in [-0.2, -0.15) is 0 Å². The number of carbonyl (C=O) groups is 2. The normalized spacial score (nSPS) is 18.3. The standard InChI is InChI=1S/C23H15Br2NO3/c24-16-11-9-14(10-12-16)20-19(21(27)15-5-2-1-3-6-15)22(28)23(29)26(20)18-8-4-7-17(25)13-18/h1-13,20,27H/b21-19+/t20-/m0/s1. The fourth-order valence-corrected chi connectivity index (χ4v) is 4.09. The number of anilines is 1. The maximum Gasteiger partial charge on any atom is 0.300 e. The lowest BCUT2D eigenvalue weighted by Gasteiger charge is -2.25. The number of carbonyl (C=O) groups excluding carboxylic acids is 2. The Morgan fingerprint density at radius 2 is 1.52 bits per heavy atom. The molecular formula is C23H15Br2NO3. The first-order valence-corrected chi connectivity index (χ1v) is 10.4. The van der Waals surface area contributed by atoms with Gasteiger partial charge in [0, 0.05) is 20.2 Å². The van der Waals surface area contributed by atoms with Crippen molar-refractivity contribution in [3.63, 3.8) is 0 Å². The molecule has 1 aliphatic rings. The van der Waals surface area contributed by atoms with Gasteiger partial charge in [0.1, 0.15) is 5.76 Å². The van der Waals surface area contributed by atoms with Crippen LogP contribution in [0.25, 0.3) is 5.76 Å². The molecule has 0 spiro atoms. The first-order chi connectivity index (χ1) is 14.0. The number of rotatable bonds is 3. The molecule has 1 saturated heterocycles. The lowest BCUT2D eigenvalue weighted by Crippen LogP contribution is -2.29. The molecule has 4 nitrogen and oxygen atoms in total. The second kappa shape index (κ2) is 7.97. The van der Waals surface area contributed by atoms with Crippen LogP contribution in [0.2, 0.25) is 0 Å². The summed E-state index contributed by atoms with van der Waals surface area (Å²) in [6.45, 7) is 0. The third kappa shape index (κ3) is 3.66. The fourth-order valence-electron chi connectivity index (χ4n) is 3.44. The summed E-state index contributed by atoms with van der Waals surface area (Å²) in [5, 5.41) is 11.0. The molecule has 1 fully saturated rings. The van der Waals surface area contributed by atoms with Crippen LogP contribution in [0.1, 0.15) is 17.2 Å². The van der Waals surface area contributed by atoms with Crippen molar-refractivity contribution >= 4 is 55.0 Å². The highest BCUT2D eigenvalue weighted by Gasteiger charge is 2.46. The van der Waals surface area contributed by atoms with Crippen LogP contribution in [-0.2, 0) is 9.59 Å². The minimum Gasteiger partial charge on any atom is -0.507 e. The molecule has 0 aliphatic carbocycles. The van der Waals surface area contributed by atoms with Crippen LogP contribution in [-0.4, -0.2) is 16.8 Å². The number of amides is 1. The molecule has 6 heteroatoms. The zero-order chi connectivity index (χ0) is 20.5. The SMILES string of the molecule is O=C1C(=O)N(c2cccc(Br)c2)[C@@H](c2ccc(Br)cc2)/C1=C(\O)c1ccccc1. The van der Waals surface area contributed by atoms with Crippen molar-refractivity contribution in [2.75, 3.05) is 4.90 Å². The first kappa shape index (κ1) is 19.6. The predicted molar refractivity (Wildman–Crippen MR) is 120 cm³/mol. The molecule has 1 aliphatic heterocycles. The second-order valence-electron chi connectivity index (χ2n) is 6.57. The van der Waals surface area contributed by atoms with Crippen molar-refractivity contribution in [1.29, 1.82) is 0 Å².